The van der Waals surface area contributed by atoms with E-state index in [1.165, 1.54) is 13.8 Å². The number of allylic oxidation sites excluding steroid dienone is 1. The monoisotopic (exact) mass is 224 g/mol. The summed E-state index contributed by atoms with van der Waals surface area (Å²) in [6, 6.07) is 0. The van der Waals surface area contributed by atoms with Crippen molar-refractivity contribution in [2.24, 2.45) is 0 Å². The highest BCUT2D eigenvalue weighted by atomic mass is 16.7. The third-order valence-electron chi connectivity index (χ3n) is 2.68. The first-order valence-electron chi connectivity index (χ1n) is 5.18. The van der Waals surface area contributed by atoms with Gasteiger partial charge in [0.15, 0.2) is 5.78 Å². The number of cyclic esters (lactones) is 1. The van der Waals surface area contributed by atoms with Crippen molar-refractivity contribution in [2.45, 2.75) is 46.1 Å². The van der Waals surface area contributed by atoms with Crippen LogP contribution in [0.1, 0.15) is 40.5 Å². The Balaban J connectivity index is 2.85. The highest BCUT2D eigenvalue weighted by molar-refractivity contribution is 5.99. The fraction of sp³-hybridized carbons (Fsp3) is 0.583. The molecule has 1 atom stereocenters. The maximum atomic E-state index is 11.4. The molecule has 0 amide bonds. The Bertz CT molecular complexity index is 392. The van der Waals surface area contributed by atoms with Gasteiger partial charge in [-0.1, -0.05) is 5.57 Å². The summed E-state index contributed by atoms with van der Waals surface area (Å²) in [5.41, 5.74) is 0.481. The molecule has 1 heterocycles. The molecule has 0 radical (unpaired) electrons. The quantitative estimate of drug-likeness (QED) is 0.525. The van der Waals surface area contributed by atoms with Gasteiger partial charge in [0, 0.05) is 18.4 Å². The van der Waals surface area contributed by atoms with Crippen LogP contribution in [0.5, 0.6) is 0 Å². The second kappa shape index (κ2) is 4.20. The fourth-order valence-corrected chi connectivity index (χ4v) is 1.72. The predicted molar refractivity (Wildman–Crippen MR) is 57.8 cm³/mol. The van der Waals surface area contributed by atoms with Crippen LogP contribution in [0.15, 0.2) is 11.1 Å². The molecule has 0 spiro atoms. The molecule has 0 unspecified atom stereocenters. The van der Waals surface area contributed by atoms with Crippen LogP contribution in [0, 0.1) is 0 Å². The van der Waals surface area contributed by atoms with Crippen molar-refractivity contribution in [1.29, 1.82) is 0 Å². The topological polar surface area (TPSA) is 63.7 Å². The van der Waals surface area contributed by atoms with E-state index in [0.29, 0.717) is 12.0 Å². The van der Waals surface area contributed by atoms with E-state index in [0.717, 1.165) is 5.57 Å². The van der Waals surface area contributed by atoms with Crippen LogP contribution in [0.3, 0.4) is 0 Å². The number of carbonyl (C=O) groups excluding carboxylic acids is 3. The molecule has 1 saturated heterocycles. The van der Waals surface area contributed by atoms with E-state index >= 15 is 0 Å². The third kappa shape index (κ3) is 2.78. The van der Waals surface area contributed by atoms with Crippen LogP contribution in [-0.4, -0.2) is 23.1 Å². The van der Waals surface area contributed by atoms with Crippen molar-refractivity contribution < 1.29 is 19.1 Å². The van der Waals surface area contributed by atoms with Gasteiger partial charge in [0.2, 0.25) is 5.60 Å². The second-order valence-electron chi connectivity index (χ2n) is 4.49. The Labute approximate surface area is 94.7 Å². The molecule has 0 bridgehead atoms. The molecular weight excluding hydrogens is 208 g/mol. The lowest BCUT2D eigenvalue weighted by molar-refractivity contribution is -0.119. The average molecular weight is 224 g/mol. The zero-order valence-electron chi connectivity index (χ0n) is 10.0. The molecule has 4 heteroatoms. The molecule has 0 aromatic carbocycles. The van der Waals surface area contributed by atoms with E-state index in [9.17, 15) is 14.4 Å². The van der Waals surface area contributed by atoms with Crippen molar-refractivity contribution in [3.63, 3.8) is 0 Å². The van der Waals surface area contributed by atoms with Gasteiger partial charge < -0.3 is 4.74 Å². The van der Waals surface area contributed by atoms with Crippen LogP contribution < -0.4 is 0 Å². The number of carbonyl (C=O) groups is 3. The first-order chi connectivity index (χ1) is 7.26. The lowest BCUT2D eigenvalue weighted by atomic mass is 9.94. The minimum atomic E-state index is -0.776. The average Bonchev–Trinajstić information content (AvgIpc) is 2.68. The Morgan fingerprint density at radius 2 is 1.75 bits per heavy atom. The molecular formula is C12H16O4. The summed E-state index contributed by atoms with van der Waals surface area (Å²) in [6.07, 6.45) is 0.513. The summed E-state index contributed by atoms with van der Waals surface area (Å²) >= 11 is 0. The van der Waals surface area contributed by atoms with Crippen molar-refractivity contribution in [3.05, 3.63) is 11.1 Å². The molecule has 0 aromatic heterocycles. The molecule has 0 aromatic rings. The van der Waals surface area contributed by atoms with Crippen molar-refractivity contribution >= 4 is 17.5 Å². The normalized spacial score (nSPS) is 24.6. The molecule has 0 saturated carbocycles. The SMILES string of the molecule is CC(=O)CC(C(C)=O)=C(C)C[C@]1(C)OC1=O. The number of hydrogen-bond donors (Lipinski definition) is 0. The minimum absolute atomic E-state index is 0.0576. The zero-order valence-corrected chi connectivity index (χ0v) is 10.0. The Morgan fingerprint density at radius 3 is 2.06 bits per heavy atom. The molecule has 1 aliphatic rings. The number of epoxide rings is 1. The first kappa shape index (κ1) is 12.6. The van der Waals surface area contributed by atoms with Gasteiger partial charge in [-0.05, 0) is 27.7 Å². The van der Waals surface area contributed by atoms with E-state index in [1.807, 2.05) is 0 Å². The number of Topliss-reactive ketones (excluding diaryl/α,β-unsaturated/α-hetero) is 2. The molecule has 0 N–H and O–H groups in total. The van der Waals surface area contributed by atoms with Crippen molar-refractivity contribution in [3.8, 4) is 0 Å². The second-order valence-corrected chi connectivity index (χ2v) is 4.49. The zero-order chi connectivity index (χ0) is 12.5. The lowest BCUT2D eigenvalue weighted by Gasteiger charge is -2.08. The molecule has 88 valence electrons. The van der Waals surface area contributed by atoms with Crippen molar-refractivity contribution in [1.82, 2.24) is 0 Å². The molecule has 1 fully saturated rings. The molecule has 1 rings (SSSR count). The summed E-state index contributed by atoms with van der Waals surface area (Å²) in [6.45, 7) is 6.32. The summed E-state index contributed by atoms with van der Waals surface area (Å²) in [5.74, 6) is -0.431. The van der Waals surface area contributed by atoms with Gasteiger partial charge in [-0.3, -0.25) is 9.59 Å². The lowest BCUT2D eigenvalue weighted by Crippen LogP contribution is -2.12. The first-order valence-corrected chi connectivity index (χ1v) is 5.18. The summed E-state index contributed by atoms with van der Waals surface area (Å²) < 4.78 is 4.84. The van der Waals surface area contributed by atoms with E-state index in [-0.39, 0.29) is 24.0 Å². The molecule has 4 nitrogen and oxygen atoms in total. The predicted octanol–water partition coefficient (Wildman–Crippen LogP) is 1.58. The van der Waals surface area contributed by atoms with Gasteiger partial charge in [-0.15, -0.1) is 0 Å². The van der Waals surface area contributed by atoms with Gasteiger partial charge in [0.1, 0.15) is 5.78 Å². The molecule has 16 heavy (non-hydrogen) atoms. The number of hydrogen-bond acceptors (Lipinski definition) is 4. The van der Waals surface area contributed by atoms with Crippen LogP contribution in [0.4, 0.5) is 0 Å². The smallest absolute Gasteiger partial charge is 0.351 e. The number of ketones is 2. The van der Waals surface area contributed by atoms with Gasteiger partial charge >= 0.3 is 5.97 Å². The van der Waals surface area contributed by atoms with Crippen molar-refractivity contribution in [2.75, 3.05) is 0 Å². The van der Waals surface area contributed by atoms with Gasteiger partial charge in [-0.25, -0.2) is 4.79 Å². The van der Waals surface area contributed by atoms with Crippen LogP contribution in [0.2, 0.25) is 0 Å². The number of ether oxygens (including phenoxy) is 1. The minimum Gasteiger partial charge on any atom is -0.444 e. The van der Waals surface area contributed by atoms with Crippen LogP contribution in [-0.2, 0) is 19.1 Å². The van der Waals surface area contributed by atoms with E-state index in [2.05, 4.69) is 0 Å². The van der Waals surface area contributed by atoms with E-state index in [1.54, 1.807) is 13.8 Å². The van der Waals surface area contributed by atoms with Crippen LogP contribution in [0.25, 0.3) is 0 Å². The summed E-state index contributed by atoms with van der Waals surface area (Å²) in [7, 11) is 0. The van der Waals surface area contributed by atoms with Gasteiger partial charge in [0.25, 0.3) is 0 Å². The highest BCUT2D eigenvalue weighted by Crippen LogP contribution is 2.36. The van der Waals surface area contributed by atoms with E-state index < -0.39 is 5.60 Å². The number of rotatable bonds is 5. The fourth-order valence-electron chi connectivity index (χ4n) is 1.72. The maximum absolute atomic E-state index is 11.4. The highest BCUT2D eigenvalue weighted by Gasteiger charge is 2.53. The Kier molecular flexibility index (Phi) is 3.31. The largest absolute Gasteiger partial charge is 0.444 e. The summed E-state index contributed by atoms with van der Waals surface area (Å²) in [4.78, 5) is 33.4. The third-order valence-corrected chi connectivity index (χ3v) is 2.68. The molecule has 0 aliphatic carbocycles. The molecule has 1 aliphatic heterocycles. The Hall–Kier alpha value is -1.45. The standard InChI is InChI=1S/C12H16O4/c1-7(6-12(4)11(15)16-12)10(9(3)14)5-8(2)13/h5-6H2,1-4H3/t12-/m0/s1. The van der Waals surface area contributed by atoms with Crippen LogP contribution >= 0.6 is 0 Å². The maximum Gasteiger partial charge on any atom is 0.351 e. The van der Waals surface area contributed by atoms with Gasteiger partial charge in [0.05, 0.1) is 0 Å². The van der Waals surface area contributed by atoms with Gasteiger partial charge in [-0.2, -0.15) is 0 Å². The summed E-state index contributed by atoms with van der Waals surface area (Å²) in [5, 5.41) is 0. The Morgan fingerprint density at radius 1 is 1.25 bits per heavy atom. The van der Waals surface area contributed by atoms with E-state index in [4.69, 9.17) is 4.74 Å².